The van der Waals surface area contributed by atoms with Crippen molar-refractivity contribution in [2.45, 2.75) is 44.9 Å². The summed E-state index contributed by atoms with van der Waals surface area (Å²) in [6, 6.07) is 0. The van der Waals surface area contributed by atoms with Crippen molar-refractivity contribution in [1.82, 2.24) is 0 Å². The molecule has 96 valence electrons. The van der Waals surface area contributed by atoms with Crippen molar-refractivity contribution in [2.75, 3.05) is 24.9 Å². The summed E-state index contributed by atoms with van der Waals surface area (Å²) in [5.41, 5.74) is 0. The van der Waals surface area contributed by atoms with Crippen LogP contribution in [-0.4, -0.2) is 24.9 Å². The van der Waals surface area contributed by atoms with Crippen molar-refractivity contribution >= 4 is 22.6 Å². The predicted octanol–water partition coefficient (Wildman–Crippen LogP) is 4.33. The number of allylic oxidation sites excluding steroid dienone is 1. The maximum atomic E-state index is 5.18. The van der Waals surface area contributed by atoms with Crippen LogP contribution in [0.1, 0.15) is 44.9 Å². The molecule has 0 rings (SSSR count). The summed E-state index contributed by atoms with van der Waals surface area (Å²) >= 11 is 2.45. The second kappa shape index (κ2) is 15.4. The van der Waals surface area contributed by atoms with Gasteiger partial charge in [0.25, 0.3) is 0 Å². The number of hydrogen-bond acceptors (Lipinski definition) is 2. The first-order valence-corrected chi connectivity index (χ1v) is 7.72. The van der Waals surface area contributed by atoms with Gasteiger partial charge in [0.05, 0.1) is 6.61 Å². The van der Waals surface area contributed by atoms with Crippen molar-refractivity contribution in [3.63, 3.8) is 0 Å². The van der Waals surface area contributed by atoms with Gasteiger partial charge < -0.3 is 9.47 Å². The highest BCUT2D eigenvalue weighted by molar-refractivity contribution is 14.1. The smallest absolute Gasteiger partial charge is 0.146 e. The Morgan fingerprint density at radius 3 is 2.38 bits per heavy atom. The molecular formula is C13H25IO2. The first-order chi connectivity index (χ1) is 7.91. The third kappa shape index (κ3) is 14.4. The molecule has 0 aromatic carbocycles. The Balaban J connectivity index is 2.98. The van der Waals surface area contributed by atoms with Crippen LogP contribution in [-0.2, 0) is 9.47 Å². The standard InChI is InChI=1S/C13H25IO2/c1-15-13-16-12-10-8-6-4-2-3-5-7-9-11-14/h6,8H,2-5,7,9-13H2,1H3. The summed E-state index contributed by atoms with van der Waals surface area (Å²) in [6.07, 6.45) is 13.6. The number of rotatable bonds is 12. The number of unbranched alkanes of at least 4 members (excludes halogenated alkanes) is 5. The molecule has 16 heavy (non-hydrogen) atoms. The second-order valence-electron chi connectivity index (χ2n) is 3.82. The molecule has 0 aliphatic rings. The Morgan fingerprint density at radius 2 is 1.62 bits per heavy atom. The molecule has 0 saturated carbocycles. The molecule has 0 amide bonds. The van der Waals surface area contributed by atoms with Crippen LogP contribution >= 0.6 is 22.6 Å². The molecule has 3 heteroatoms. The van der Waals surface area contributed by atoms with E-state index in [-0.39, 0.29) is 0 Å². The summed E-state index contributed by atoms with van der Waals surface area (Å²) in [7, 11) is 1.65. The monoisotopic (exact) mass is 340 g/mol. The number of hydrogen-bond donors (Lipinski definition) is 0. The van der Waals surface area contributed by atoms with Crippen LogP contribution in [0.3, 0.4) is 0 Å². The van der Waals surface area contributed by atoms with E-state index in [4.69, 9.17) is 9.47 Å². The minimum atomic E-state index is 0.407. The minimum Gasteiger partial charge on any atom is -0.359 e. The van der Waals surface area contributed by atoms with Crippen molar-refractivity contribution in [1.29, 1.82) is 0 Å². The molecule has 0 aliphatic carbocycles. The molecule has 0 saturated heterocycles. The lowest BCUT2D eigenvalue weighted by atomic mass is 10.1. The molecule has 0 fully saturated rings. The van der Waals surface area contributed by atoms with Crippen molar-refractivity contribution in [3.8, 4) is 0 Å². The van der Waals surface area contributed by atoms with Crippen LogP contribution < -0.4 is 0 Å². The quantitative estimate of drug-likeness (QED) is 0.173. The molecule has 0 heterocycles. The van der Waals surface area contributed by atoms with Gasteiger partial charge in [-0.1, -0.05) is 54.0 Å². The average Bonchev–Trinajstić information content (AvgIpc) is 2.31. The van der Waals surface area contributed by atoms with Gasteiger partial charge in [0, 0.05) is 7.11 Å². The van der Waals surface area contributed by atoms with Gasteiger partial charge in [-0.2, -0.15) is 0 Å². The number of alkyl halides is 1. The molecular weight excluding hydrogens is 315 g/mol. The second-order valence-corrected chi connectivity index (χ2v) is 4.90. The van der Waals surface area contributed by atoms with Crippen LogP contribution in [0.15, 0.2) is 12.2 Å². The molecule has 0 spiro atoms. The maximum Gasteiger partial charge on any atom is 0.146 e. The third-order valence-electron chi connectivity index (χ3n) is 2.30. The average molecular weight is 340 g/mol. The summed E-state index contributed by atoms with van der Waals surface area (Å²) in [6.45, 7) is 1.17. The molecule has 0 aromatic heterocycles. The van der Waals surface area contributed by atoms with Crippen molar-refractivity contribution in [3.05, 3.63) is 12.2 Å². The predicted molar refractivity (Wildman–Crippen MR) is 78.2 cm³/mol. The Bertz CT molecular complexity index is 149. The van der Waals surface area contributed by atoms with Crippen LogP contribution in [0.5, 0.6) is 0 Å². The van der Waals surface area contributed by atoms with Gasteiger partial charge in [-0.05, 0) is 30.1 Å². The van der Waals surface area contributed by atoms with Crippen LogP contribution in [0.4, 0.5) is 0 Å². The Hall–Kier alpha value is 0.390. The zero-order valence-corrected chi connectivity index (χ0v) is 12.6. The number of halogens is 1. The summed E-state index contributed by atoms with van der Waals surface area (Å²) < 4.78 is 11.3. The Morgan fingerprint density at radius 1 is 0.938 bits per heavy atom. The fraction of sp³-hybridized carbons (Fsp3) is 0.846. The lowest BCUT2D eigenvalue weighted by molar-refractivity contribution is -0.0285. The first kappa shape index (κ1) is 16.4. The highest BCUT2D eigenvalue weighted by Crippen LogP contribution is 2.07. The van der Waals surface area contributed by atoms with E-state index in [9.17, 15) is 0 Å². The van der Waals surface area contributed by atoms with Gasteiger partial charge >= 0.3 is 0 Å². The molecule has 0 atom stereocenters. The van der Waals surface area contributed by atoms with E-state index < -0.39 is 0 Å². The van der Waals surface area contributed by atoms with E-state index >= 15 is 0 Å². The third-order valence-corrected chi connectivity index (χ3v) is 3.06. The maximum absolute atomic E-state index is 5.18. The van der Waals surface area contributed by atoms with Crippen molar-refractivity contribution in [2.24, 2.45) is 0 Å². The summed E-state index contributed by atoms with van der Waals surface area (Å²) in [4.78, 5) is 0. The normalized spacial score (nSPS) is 11.4. The van der Waals surface area contributed by atoms with Crippen LogP contribution in [0, 0.1) is 0 Å². The van der Waals surface area contributed by atoms with E-state index in [0.717, 1.165) is 13.0 Å². The van der Waals surface area contributed by atoms with Gasteiger partial charge in [0.1, 0.15) is 6.79 Å². The van der Waals surface area contributed by atoms with Gasteiger partial charge in [-0.25, -0.2) is 0 Å². The summed E-state index contributed by atoms with van der Waals surface area (Å²) in [5, 5.41) is 0. The highest BCUT2D eigenvalue weighted by atomic mass is 127. The van der Waals surface area contributed by atoms with Crippen molar-refractivity contribution < 1.29 is 9.47 Å². The van der Waals surface area contributed by atoms with Gasteiger partial charge in [-0.3, -0.25) is 0 Å². The largest absolute Gasteiger partial charge is 0.359 e. The minimum absolute atomic E-state index is 0.407. The van der Waals surface area contributed by atoms with E-state index in [1.54, 1.807) is 7.11 Å². The molecule has 0 N–H and O–H groups in total. The fourth-order valence-corrected chi connectivity index (χ4v) is 1.96. The van der Waals surface area contributed by atoms with Crippen LogP contribution in [0.2, 0.25) is 0 Å². The molecule has 2 nitrogen and oxygen atoms in total. The van der Waals surface area contributed by atoms with E-state index in [1.165, 1.54) is 43.0 Å². The zero-order valence-electron chi connectivity index (χ0n) is 10.4. The van der Waals surface area contributed by atoms with E-state index in [2.05, 4.69) is 34.7 Å². The van der Waals surface area contributed by atoms with Crippen LogP contribution in [0.25, 0.3) is 0 Å². The number of methoxy groups -OCH3 is 1. The van der Waals surface area contributed by atoms with Gasteiger partial charge in [-0.15, -0.1) is 0 Å². The first-order valence-electron chi connectivity index (χ1n) is 6.19. The molecule has 0 unspecified atom stereocenters. The van der Waals surface area contributed by atoms with E-state index in [1.807, 2.05) is 0 Å². The van der Waals surface area contributed by atoms with E-state index in [0.29, 0.717) is 6.79 Å². The SMILES string of the molecule is COCOCCC=CCCCCCCCI. The van der Waals surface area contributed by atoms with Gasteiger partial charge in [0.2, 0.25) is 0 Å². The Kier molecular flexibility index (Phi) is 15.8. The Labute approximate surface area is 114 Å². The molecule has 0 aliphatic heterocycles. The molecule has 0 bridgehead atoms. The fourth-order valence-electron chi connectivity index (χ4n) is 1.42. The lowest BCUT2D eigenvalue weighted by Gasteiger charge is -1.99. The zero-order chi connectivity index (χ0) is 11.9. The highest BCUT2D eigenvalue weighted by Gasteiger charge is 1.88. The summed E-state index contributed by atoms with van der Waals surface area (Å²) in [5.74, 6) is 0. The molecule has 0 aromatic rings. The lowest BCUT2D eigenvalue weighted by Crippen LogP contribution is -1.96. The topological polar surface area (TPSA) is 18.5 Å². The number of ether oxygens (including phenoxy) is 2. The van der Waals surface area contributed by atoms with Gasteiger partial charge in [0.15, 0.2) is 0 Å². The molecule has 0 radical (unpaired) electrons.